The van der Waals surface area contributed by atoms with Gasteiger partial charge in [0.25, 0.3) is 0 Å². The predicted molar refractivity (Wildman–Crippen MR) is 41.0 cm³/mol. The van der Waals surface area contributed by atoms with Crippen molar-refractivity contribution in [2.45, 2.75) is 13.8 Å². The highest BCUT2D eigenvalue weighted by Gasteiger charge is 2.34. The average Bonchev–Trinajstić information content (AvgIpc) is 1.88. The minimum atomic E-state index is -1.36. The Hall–Kier alpha value is 0.310. The summed E-state index contributed by atoms with van der Waals surface area (Å²) in [5, 5.41) is 0. The Morgan fingerprint density at radius 1 is 1.30 bits per heavy atom. The van der Waals surface area contributed by atoms with E-state index in [9.17, 15) is 0 Å². The fourth-order valence-corrected chi connectivity index (χ4v) is 2.05. The molecular formula is C6H14O3P+. The monoisotopic (exact) mass is 165 g/mol. The van der Waals surface area contributed by atoms with Crippen LogP contribution in [0.15, 0.2) is 0 Å². The van der Waals surface area contributed by atoms with Gasteiger partial charge in [-0.1, -0.05) is 13.8 Å². The third kappa shape index (κ3) is 2.17. The maximum atomic E-state index is 5.30. The molecule has 0 bridgehead atoms. The first-order chi connectivity index (χ1) is 4.64. The van der Waals surface area contributed by atoms with Crippen LogP contribution < -0.4 is 0 Å². The fraction of sp³-hybridized carbons (Fsp3) is 1.00. The number of hydrogen-bond acceptors (Lipinski definition) is 3. The van der Waals surface area contributed by atoms with Crippen LogP contribution in [-0.4, -0.2) is 20.3 Å². The van der Waals surface area contributed by atoms with Gasteiger partial charge in [-0.3, -0.25) is 0 Å². The van der Waals surface area contributed by atoms with Gasteiger partial charge >= 0.3 is 8.60 Å². The van der Waals surface area contributed by atoms with E-state index < -0.39 is 8.60 Å². The molecule has 0 N–H and O–H groups in total. The highest BCUT2D eigenvalue weighted by Crippen LogP contribution is 2.45. The van der Waals surface area contributed by atoms with E-state index in [0.29, 0.717) is 0 Å². The molecule has 60 valence electrons. The molecule has 1 aliphatic heterocycles. The molecule has 1 rings (SSSR count). The first-order valence-electron chi connectivity index (χ1n) is 3.31. The van der Waals surface area contributed by atoms with Crippen LogP contribution in [0.2, 0.25) is 0 Å². The van der Waals surface area contributed by atoms with Crippen LogP contribution in [0.4, 0.5) is 0 Å². The Labute approximate surface area is 62.7 Å². The van der Waals surface area contributed by atoms with Crippen molar-refractivity contribution in [1.29, 1.82) is 0 Å². The van der Waals surface area contributed by atoms with Crippen molar-refractivity contribution < 1.29 is 13.6 Å². The van der Waals surface area contributed by atoms with E-state index in [1.54, 1.807) is 7.11 Å². The first kappa shape index (κ1) is 8.41. The Kier molecular flexibility index (Phi) is 2.64. The summed E-state index contributed by atoms with van der Waals surface area (Å²) in [6.07, 6.45) is 0. The summed E-state index contributed by atoms with van der Waals surface area (Å²) in [5.41, 5.74) is 0.159. The Balaban J connectivity index is 2.31. The predicted octanol–water partition coefficient (Wildman–Crippen LogP) is 1.66. The molecule has 0 aromatic heterocycles. The Morgan fingerprint density at radius 3 is 2.20 bits per heavy atom. The van der Waals surface area contributed by atoms with Gasteiger partial charge in [-0.25, -0.2) is 0 Å². The average molecular weight is 165 g/mol. The van der Waals surface area contributed by atoms with Gasteiger partial charge in [0.1, 0.15) is 13.2 Å². The highest BCUT2D eigenvalue weighted by molar-refractivity contribution is 7.41. The normalized spacial score (nSPS) is 26.7. The Bertz CT molecular complexity index is 106. The van der Waals surface area contributed by atoms with E-state index in [4.69, 9.17) is 13.6 Å². The zero-order valence-corrected chi connectivity index (χ0v) is 7.64. The SMILES string of the molecule is CO[PH+]1OCC(C)(C)CO1. The summed E-state index contributed by atoms with van der Waals surface area (Å²) in [6.45, 7) is 5.72. The summed E-state index contributed by atoms with van der Waals surface area (Å²) >= 11 is 0. The van der Waals surface area contributed by atoms with Crippen molar-refractivity contribution in [3.8, 4) is 0 Å². The molecule has 0 aromatic carbocycles. The lowest BCUT2D eigenvalue weighted by molar-refractivity contribution is 0.0338. The lowest BCUT2D eigenvalue weighted by atomic mass is 9.97. The summed E-state index contributed by atoms with van der Waals surface area (Å²) in [5.74, 6) is 0. The fourth-order valence-electron chi connectivity index (χ4n) is 0.710. The molecule has 0 atom stereocenters. The van der Waals surface area contributed by atoms with Crippen LogP contribution >= 0.6 is 8.60 Å². The second-order valence-corrected chi connectivity index (χ2v) is 4.68. The summed E-state index contributed by atoms with van der Waals surface area (Å²) in [4.78, 5) is 0. The molecule has 1 saturated heterocycles. The lowest BCUT2D eigenvalue weighted by Crippen LogP contribution is -2.28. The minimum Gasteiger partial charge on any atom is -0.183 e. The Morgan fingerprint density at radius 2 is 1.80 bits per heavy atom. The molecule has 1 fully saturated rings. The molecule has 1 heterocycles. The molecule has 0 saturated carbocycles. The van der Waals surface area contributed by atoms with E-state index >= 15 is 0 Å². The molecule has 0 spiro atoms. The number of hydrogen-bond donors (Lipinski definition) is 0. The standard InChI is InChI=1S/C6H14O3P/c1-6(2)4-8-10(7-3)9-5-6/h10H,4-5H2,1-3H3/q+1. The van der Waals surface area contributed by atoms with E-state index in [2.05, 4.69) is 13.8 Å². The third-order valence-corrected chi connectivity index (χ3v) is 2.42. The molecule has 4 heteroatoms. The van der Waals surface area contributed by atoms with Crippen LogP contribution in [0.3, 0.4) is 0 Å². The molecule has 0 unspecified atom stereocenters. The van der Waals surface area contributed by atoms with Gasteiger partial charge in [0.2, 0.25) is 0 Å². The van der Waals surface area contributed by atoms with Gasteiger partial charge in [-0.2, -0.15) is 13.6 Å². The van der Waals surface area contributed by atoms with Gasteiger partial charge in [0, 0.05) is 5.41 Å². The van der Waals surface area contributed by atoms with Crippen LogP contribution in [0.5, 0.6) is 0 Å². The summed E-state index contributed by atoms with van der Waals surface area (Å²) in [6, 6.07) is 0. The van der Waals surface area contributed by atoms with Gasteiger partial charge < -0.3 is 0 Å². The second-order valence-electron chi connectivity index (χ2n) is 3.20. The molecular weight excluding hydrogens is 151 g/mol. The molecule has 3 nitrogen and oxygen atoms in total. The van der Waals surface area contributed by atoms with E-state index in [1.807, 2.05) is 0 Å². The van der Waals surface area contributed by atoms with E-state index in [-0.39, 0.29) is 5.41 Å². The van der Waals surface area contributed by atoms with Crippen molar-refractivity contribution in [3.63, 3.8) is 0 Å². The van der Waals surface area contributed by atoms with E-state index in [1.165, 1.54) is 0 Å². The maximum Gasteiger partial charge on any atom is 0.397 e. The minimum absolute atomic E-state index is 0.159. The highest BCUT2D eigenvalue weighted by atomic mass is 31.2. The largest absolute Gasteiger partial charge is 0.397 e. The quantitative estimate of drug-likeness (QED) is 0.553. The molecule has 0 radical (unpaired) electrons. The first-order valence-corrected chi connectivity index (χ1v) is 4.53. The zero-order valence-electron chi connectivity index (χ0n) is 6.64. The smallest absolute Gasteiger partial charge is 0.183 e. The van der Waals surface area contributed by atoms with Crippen molar-refractivity contribution in [2.75, 3.05) is 20.3 Å². The molecule has 10 heavy (non-hydrogen) atoms. The van der Waals surface area contributed by atoms with Crippen LogP contribution in [0.1, 0.15) is 13.8 Å². The van der Waals surface area contributed by atoms with Crippen molar-refractivity contribution in [2.24, 2.45) is 5.41 Å². The maximum absolute atomic E-state index is 5.30. The van der Waals surface area contributed by atoms with Crippen LogP contribution in [-0.2, 0) is 13.6 Å². The third-order valence-electron chi connectivity index (χ3n) is 1.33. The van der Waals surface area contributed by atoms with Gasteiger partial charge in [0.15, 0.2) is 0 Å². The second kappa shape index (κ2) is 3.14. The van der Waals surface area contributed by atoms with Gasteiger partial charge in [0.05, 0.1) is 7.11 Å². The molecule has 0 aliphatic carbocycles. The summed E-state index contributed by atoms with van der Waals surface area (Å²) < 4.78 is 15.5. The van der Waals surface area contributed by atoms with Crippen LogP contribution in [0, 0.1) is 5.41 Å². The molecule has 1 aliphatic rings. The van der Waals surface area contributed by atoms with Gasteiger partial charge in [-0.05, 0) is 0 Å². The topological polar surface area (TPSA) is 27.7 Å². The summed E-state index contributed by atoms with van der Waals surface area (Å²) in [7, 11) is 0.260. The number of rotatable bonds is 1. The van der Waals surface area contributed by atoms with E-state index in [0.717, 1.165) is 13.2 Å². The molecule has 0 aromatic rings. The van der Waals surface area contributed by atoms with Crippen molar-refractivity contribution >= 4 is 8.60 Å². The molecule has 0 amide bonds. The zero-order chi connectivity index (χ0) is 7.61. The van der Waals surface area contributed by atoms with Crippen LogP contribution in [0.25, 0.3) is 0 Å². The van der Waals surface area contributed by atoms with Crippen molar-refractivity contribution in [3.05, 3.63) is 0 Å². The van der Waals surface area contributed by atoms with Gasteiger partial charge in [-0.15, -0.1) is 0 Å². The lowest BCUT2D eigenvalue weighted by Gasteiger charge is -2.26. The van der Waals surface area contributed by atoms with Crippen molar-refractivity contribution in [1.82, 2.24) is 0 Å².